The number of hydrogen-bond donors (Lipinski definition) is 0. The molecule has 3 aromatic rings. The average Bonchev–Trinajstić information content (AvgIpc) is 3.16. The SMILES string of the molecule is CC1CC(n2nnc3c2CN(Cc2nnc4ccc(Cl)nn24)CC3)C1. The maximum absolute atomic E-state index is 6.01. The van der Waals surface area contributed by atoms with Gasteiger partial charge in [-0.25, -0.2) is 4.68 Å². The first-order valence-corrected chi connectivity index (χ1v) is 9.07. The minimum absolute atomic E-state index is 0.441. The summed E-state index contributed by atoms with van der Waals surface area (Å²) >= 11 is 6.01. The van der Waals surface area contributed by atoms with Gasteiger partial charge in [0.15, 0.2) is 11.5 Å². The van der Waals surface area contributed by atoms with E-state index in [9.17, 15) is 0 Å². The van der Waals surface area contributed by atoms with Gasteiger partial charge in [-0.05, 0) is 30.9 Å². The molecule has 4 heterocycles. The van der Waals surface area contributed by atoms with Crippen LogP contribution in [0.25, 0.3) is 5.65 Å². The van der Waals surface area contributed by atoms with Crippen LogP contribution in [0.2, 0.25) is 5.15 Å². The Morgan fingerprint density at radius 1 is 1.20 bits per heavy atom. The van der Waals surface area contributed by atoms with E-state index in [0.29, 0.717) is 23.4 Å². The van der Waals surface area contributed by atoms with Gasteiger partial charge in [0.05, 0.1) is 24.0 Å². The Balaban J connectivity index is 1.38. The highest BCUT2D eigenvalue weighted by molar-refractivity contribution is 6.29. The Bertz CT molecular complexity index is 926. The maximum Gasteiger partial charge on any atom is 0.178 e. The van der Waals surface area contributed by atoms with Gasteiger partial charge in [0, 0.05) is 19.5 Å². The zero-order valence-electron chi connectivity index (χ0n) is 14.0. The quantitative estimate of drug-likeness (QED) is 0.711. The molecule has 130 valence electrons. The van der Waals surface area contributed by atoms with Gasteiger partial charge < -0.3 is 0 Å². The van der Waals surface area contributed by atoms with Gasteiger partial charge in [0.2, 0.25) is 0 Å². The lowest BCUT2D eigenvalue weighted by Gasteiger charge is -2.35. The first kappa shape index (κ1) is 15.2. The molecule has 0 spiro atoms. The summed E-state index contributed by atoms with van der Waals surface area (Å²) in [6.07, 6.45) is 3.32. The second-order valence-electron chi connectivity index (χ2n) is 7.16. The first-order valence-electron chi connectivity index (χ1n) is 8.69. The summed E-state index contributed by atoms with van der Waals surface area (Å²) in [5.74, 6) is 1.60. The summed E-state index contributed by atoms with van der Waals surface area (Å²) in [4.78, 5) is 2.35. The van der Waals surface area contributed by atoms with Gasteiger partial charge in [-0.1, -0.05) is 23.7 Å². The van der Waals surface area contributed by atoms with Crippen molar-refractivity contribution < 1.29 is 0 Å². The van der Waals surface area contributed by atoms with Gasteiger partial charge in [-0.15, -0.1) is 15.3 Å². The van der Waals surface area contributed by atoms with Crippen LogP contribution in [0.4, 0.5) is 0 Å². The van der Waals surface area contributed by atoms with Crippen molar-refractivity contribution in [2.24, 2.45) is 5.92 Å². The normalized spacial score (nSPS) is 23.6. The fraction of sp³-hybridized carbons (Fsp3) is 0.562. The minimum Gasteiger partial charge on any atom is -0.290 e. The molecule has 0 amide bonds. The molecule has 8 nitrogen and oxygen atoms in total. The Morgan fingerprint density at radius 2 is 2.08 bits per heavy atom. The van der Waals surface area contributed by atoms with Gasteiger partial charge in [0.25, 0.3) is 0 Å². The highest BCUT2D eigenvalue weighted by Crippen LogP contribution is 2.38. The van der Waals surface area contributed by atoms with Crippen LogP contribution < -0.4 is 0 Å². The van der Waals surface area contributed by atoms with E-state index in [2.05, 4.69) is 42.1 Å². The van der Waals surface area contributed by atoms with Crippen molar-refractivity contribution in [3.63, 3.8) is 0 Å². The fourth-order valence-electron chi connectivity index (χ4n) is 3.86. The summed E-state index contributed by atoms with van der Waals surface area (Å²) in [6, 6.07) is 4.07. The van der Waals surface area contributed by atoms with Crippen molar-refractivity contribution in [2.45, 2.75) is 45.3 Å². The van der Waals surface area contributed by atoms with Crippen molar-refractivity contribution in [3.05, 3.63) is 34.5 Å². The summed E-state index contributed by atoms with van der Waals surface area (Å²) in [7, 11) is 0. The molecule has 1 saturated carbocycles. The average molecular weight is 359 g/mol. The maximum atomic E-state index is 6.01. The van der Waals surface area contributed by atoms with Gasteiger partial charge in [-0.3, -0.25) is 4.90 Å². The van der Waals surface area contributed by atoms with Crippen molar-refractivity contribution in [2.75, 3.05) is 6.54 Å². The largest absolute Gasteiger partial charge is 0.290 e. The second kappa shape index (κ2) is 5.74. The Kier molecular flexibility index (Phi) is 3.49. The highest BCUT2D eigenvalue weighted by Gasteiger charge is 2.32. The standard InChI is InChI=1S/C16H19ClN8/c1-10-6-11(7-10)24-13-8-23(5-4-12(13)18-22-24)9-16-20-19-15-3-2-14(17)21-25(15)16/h2-3,10-11H,4-9H2,1H3. The molecule has 0 N–H and O–H groups in total. The van der Waals surface area contributed by atoms with Crippen LogP contribution in [-0.4, -0.2) is 46.2 Å². The van der Waals surface area contributed by atoms with Crippen LogP contribution in [0, 0.1) is 5.92 Å². The predicted octanol–water partition coefficient (Wildman–Crippen LogP) is 1.90. The molecule has 0 unspecified atom stereocenters. The smallest absolute Gasteiger partial charge is 0.178 e. The third kappa shape index (κ3) is 2.60. The molecule has 0 aromatic carbocycles. The van der Waals surface area contributed by atoms with Crippen LogP contribution in [-0.2, 0) is 19.5 Å². The Labute approximate surface area is 149 Å². The highest BCUT2D eigenvalue weighted by atomic mass is 35.5. The zero-order valence-corrected chi connectivity index (χ0v) is 14.8. The summed E-state index contributed by atoms with van der Waals surface area (Å²) in [6.45, 7) is 4.74. The summed E-state index contributed by atoms with van der Waals surface area (Å²) in [5.41, 5.74) is 3.11. The monoisotopic (exact) mass is 358 g/mol. The lowest BCUT2D eigenvalue weighted by molar-refractivity contribution is 0.176. The van der Waals surface area contributed by atoms with Gasteiger partial charge >= 0.3 is 0 Å². The van der Waals surface area contributed by atoms with Crippen molar-refractivity contribution in [1.29, 1.82) is 0 Å². The molecular formula is C16H19ClN8. The molecule has 0 radical (unpaired) electrons. The van der Waals surface area contributed by atoms with Crippen LogP contribution in [0.3, 0.4) is 0 Å². The molecule has 25 heavy (non-hydrogen) atoms. The molecule has 0 atom stereocenters. The van der Waals surface area contributed by atoms with E-state index >= 15 is 0 Å². The molecule has 9 heteroatoms. The van der Waals surface area contributed by atoms with E-state index in [0.717, 1.165) is 36.9 Å². The lowest BCUT2D eigenvalue weighted by Crippen LogP contribution is -2.34. The van der Waals surface area contributed by atoms with E-state index in [4.69, 9.17) is 11.6 Å². The number of rotatable bonds is 3. The zero-order chi connectivity index (χ0) is 17.0. The molecule has 0 bridgehead atoms. The molecular weight excluding hydrogens is 340 g/mol. The molecule has 3 aromatic heterocycles. The molecule has 1 aliphatic carbocycles. The summed E-state index contributed by atoms with van der Waals surface area (Å²) < 4.78 is 3.87. The summed E-state index contributed by atoms with van der Waals surface area (Å²) in [5, 5.41) is 22.0. The molecule has 2 aliphatic rings. The molecule has 1 fully saturated rings. The number of aromatic nitrogens is 7. The van der Waals surface area contributed by atoms with Crippen LogP contribution in [0.5, 0.6) is 0 Å². The van der Waals surface area contributed by atoms with E-state index in [1.165, 1.54) is 18.5 Å². The first-order chi connectivity index (χ1) is 12.2. The third-order valence-electron chi connectivity index (χ3n) is 5.26. The Hall–Kier alpha value is -2.06. The fourth-order valence-corrected chi connectivity index (χ4v) is 4.00. The van der Waals surface area contributed by atoms with E-state index in [1.807, 2.05) is 6.07 Å². The minimum atomic E-state index is 0.441. The number of hydrogen-bond acceptors (Lipinski definition) is 6. The van der Waals surface area contributed by atoms with Crippen molar-refractivity contribution >= 4 is 17.2 Å². The Morgan fingerprint density at radius 3 is 2.92 bits per heavy atom. The predicted molar refractivity (Wildman–Crippen MR) is 91.1 cm³/mol. The lowest BCUT2D eigenvalue weighted by atomic mass is 9.82. The topological polar surface area (TPSA) is 77.0 Å². The van der Waals surface area contributed by atoms with Crippen molar-refractivity contribution in [3.8, 4) is 0 Å². The molecule has 0 saturated heterocycles. The van der Waals surface area contributed by atoms with Crippen molar-refractivity contribution in [1.82, 2.24) is 39.7 Å². The third-order valence-corrected chi connectivity index (χ3v) is 5.47. The van der Waals surface area contributed by atoms with Crippen LogP contribution in [0.15, 0.2) is 12.1 Å². The number of halogens is 1. The number of fused-ring (bicyclic) bond motifs is 2. The van der Waals surface area contributed by atoms with Crippen LogP contribution >= 0.6 is 11.6 Å². The van der Waals surface area contributed by atoms with Gasteiger partial charge in [-0.2, -0.15) is 9.61 Å². The second-order valence-corrected chi connectivity index (χ2v) is 7.55. The van der Waals surface area contributed by atoms with E-state index in [-0.39, 0.29) is 0 Å². The van der Waals surface area contributed by atoms with E-state index < -0.39 is 0 Å². The molecule has 5 rings (SSSR count). The molecule has 1 aliphatic heterocycles. The van der Waals surface area contributed by atoms with E-state index in [1.54, 1.807) is 10.6 Å². The van der Waals surface area contributed by atoms with Gasteiger partial charge in [0.1, 0.15) is 5.15 Å². The number of nitrogens with zero attached hydrogens (tertiary/aromatic N) is 8. The van der Waals surface area contributed by atoms with Crippen LogP contribution in [0.1, 0.15) is 43.0 Å².